The highest BCUT2D eigenvalue weighted by Gasteiger charge is 2.50. The lowest BCUT2D eigenvalue weighted by atomic mass is 9.80. The fourth-order valence-electron chi connectivity index (χ4n) is 11.1. The van der Waals surface area contributed by atoms with Crippen molar-refractivity contribution < 1.29 is 69.5 Å². The van der Waals surface area contributed by atoms with Crippen LogP contribution in [0.1, 0.15) is 69.1 Å². The second-order valence-electron chi connectivity index (χ2n) is 22.0. The molecule has 10 aromatic rings. The number of aromatic nitrogens is 6. The predicted octanol–water partition coefficient (Wildman–Crippen LogP) is 13.6. The molecule has 0 aliphatic carbocycles. The number of carbonyl (C=O) groups excluding carboxylic acids is 2. The van der Waals surface area contributed by atoms with Gasteiger partial charge in [-0.1, -0.05) is 138 Å². The number of benzene rings is 7. The number of hydrogen-bond donors (Lipinski definition) is 2. The second kappa shape index (κ2) is 30.8. The van der Waals surface area contributed by atoms with Crippen LogP contribution in [0.3, 0.4) is 0 Å². The van der Waals surface area contributed by atoms with Crippen molar-refractivity contribution in [2.45, 2.75) is 61.7 Å². The standard InChI is InChI=1S/C69H61Cl2N9O16P2/c1-86-50-31-27-48(28-32-50)69(47-21-10-5-11-22-47,49-29-33-51(87-2)34-30-49)88-41-58-56(39-61(91-58)79-37-35-60(77-68(79)83)76-66(81)45-17-6-3-7-18-45)96-98(85,94-55-26-15-13-24-53(55)71)90-42-59-57(95-97(84,89-38-16-36-72)93-54-25-14-12-23-52(54)70)40-62(92-59)80-44-75-63-64(73-43-74-65(63)80)78-67(82)46-19-8-4-9-20-46/h3-15,17-35,37,43-44,56-59,61-62H,16,38-42H2,1-2H3,(H,73,74,78,82)(H,76,77,81,83)/t56-,57-,58+,59+,61+,62+,97?,98?/m0/s1. The lowest BCUT2D eigenvalue weighted by molar-refractivity contribution is -0.0948. The molecule has 2 N–H and O–H groups in total. The Morgan fingerprint density at radius 1 is 0.612 bits per heavy atom. The van der Waals surface area contributed by atoms with E-state index in [2.05, 4.69) is 30.6 Å². The Labute approximate surface area is 571 Å². The number of anilines is 2. The Kier molecular flexibility index (Phi) is 21.5. The maximum absolute atomic E-state index is 16.2. The molecule has 29 heteroatoms. The molecule has 2 unspecified atom stereocenters. The van der Waals surface area contributed by atoms with Gasteiger partial charge < -0.3 is 43.4 Å². The van der Waals surface area contributed by atoms with Crippen molar-refractivity contribution in [1.29, 1.82) is 5.26 Å². The highest BCUT2D eigenvalue weighted by molar-refractivity contribution is 7.49. The summed E-state index contributed by atoms with van der Waals surface area (Å²) in [5, 5.41) is 15.1. The van der Waals surface area contributed by atoms with Crippen molar-refractivity contribution in [2.75, 3.05) is 44.7 Å². The summed E-state index contributed by atoms with van der Waals surface area (Å²) in [6, 6.07) is 56.6. The lowest BCUT2D eigenvalue weighted by Crippen LogP contribution is -2.38. The molecule has 12 rings (SSSR count). The fourth-order valence-corrected chi connectivity index (χ4v) is 14.4. The monoisotopic (exact) mass is 1400 g/mol. The van der Waals surface area contributed by atoms with Gasteiger partial charge in [-0.3, -0.25) is 36.8 Å². The van der Waals surface area contributed by atoms with Crippen molar-refractivity contribution in [3.05, 3.63) is 261 Å². The molecule has 2 aliphatic rings. The lowest BCUT2D eigenvalue weighted by Gasteiger charge is -2.37. The van der Waals surface area contributed by atoms with E-state index in [0.717, 1.165) is 0 Å². The Morgan fingerprint density at radius 2 is 1.11 bits per heavy atom. The minimum atomic E-state index is -5.17. The first kappa shape index (κ1) is 68.3. The zero-order valence-corrected chi connectivity index (χ0v) is 55.5. The first-order valence-corrected chi connectivity index (χ1v) is 34.2. The molecule has 502 valence electrons. The smallest absolute Gasteiger partial charge is 0.497 e. The van der Waals surface area contributed by atoms with Crippen LogP contribution in [0, 0.1) is 11.3 Å². The highest BCUT2D eigenvalue weighted by atomic mass is 35.5. The summed E-state index contributed by atoms with van der Waals surface area (Å²) >= 11 is 13.3. The number of nitrogens with zero attached hydrogens (tertiary/aromatic N) is 7. The number of phosphoric acid groups is 2. The number of carbonyl (C=O) groups is 2. The largest absolute Gasteiger partial charge is 0.530 e. The van der Waals surface area contributed by atoms with Gasteiger partial charge in [-0.25, -0.2) is 28.9 Å². The predicted molar refractivity (Wildman–Crippen MR) is 359 cm³/mol. The zero-order chi connectivity index (χ0) is 68.2. The van der Waals surface area contributed by atoms with Gasteiger partial charge >= 0.3 is 21.3 Å². The molecule has 0 radical (unpaired) electrons. The molecule has 0 saturated carbocycles. The van der Waals surface area contributed by atoms with E-state index in [1.165, 1.54) is 58.3 Å². The second-order valence-corrected chi connectivity index (χ2v) is 25.9. The number of imidazole rings is 1. The molecule has 2 amide bonds. The molecule has 2 fully saturated rings. The molecule has 98 heavy (non-hydrogen) atoms. The first-order valence-electron chi connectivity index (χ1n) is 30.5. The van der Waals surface area contributed by atoms with Gasteiger partial charge in [-0.2, -0.15) is 10.2 Å². The van der Waals surface area contributed by atoms with Crippen LogP contribution in [0.15, 0.2) is 218 Å². The van der Waals surface area contributed by atoms with Gasteiger partial charge in [0, 0.05) is 30.2 Å². The molecular formula is C69H61Cl2N9O16P2. The Bertz CT molecular complexity index is 4590. The molecule has 0 bridgehead atoms. The van der Waals surface area contributed by atoms with E-state index in [0.29, 0.717) is 39.3 Å². The summed E-state index contributed by atoms with van der Waals surface area (Å²) in [5.74, 6) is -0.0228. The number of halogens is 2. The zero-order valence-electron chi connectivity index (χ0n) is 52.2. The van der Waals surface area contributed by atoms with Gasteiger partial charge in [0.05, 0.1) is 62.9 Å². The van der Waals surface area contributed by atoms with Gasteiger partial charge in [0.25, 0.3) is 11.8 Å². The topological polar surface area (TPSA) is 296 Å². The van der Waals surface area contributed by atoms with Crippen LogP contribution in [0.2, 0.25) is 10.0 Å². The van der Waals surface area contributed by atoms with E-state index in [4.69, 9.17) is 74.0 Å². The average Bonchev–Trinajstić information content (AvgIpc) is 1.06. The highest BCUT2D eigenvalue weighted by Crippen LogP contribution is 2.58. The summed E-state index contributed by atoms with van der Waals surface area (Å²) in [4.78, 5) is 58.5. The minimum Gasteiger partial charge on any atom is -0.497 e. The number of para-hydroxylation sites is 2. The van der Waals surface area contributed by atoms with E-state index in [1.54, 1.807) is 123 Å². The SMILES string of the molecule is COc1ccc(C(OC[C@H]2O[C@@H](n3ccc(NC(=O)c4ccccc4)nc3=O)C[C@@H]2OP(=O)(OC[C@H]2O[C@@H](n3cnc4c(NC(=O)c5ccccc5)ncnc43)C[C@@H]2OP(=O)(OCCC#N)Oc2ccccc2Cl)Oc2ccccc2Cl)(c2ccccc2)c2ccc(OC)cc2)cc1. The number of rotatable bonds is 28. The molecule has 2 aliphatic heterocycles. The van der Waals surface area contributed by atoms with Gasteiger partial charge in [-0.15, -0.1) is 0 Å². The van der Waals surface area contributed by atoms with Gasteiger partial charge in [0.2, 0.25) is 0 Å². The van der Waals surface area contributed by atoms with Gasteiger partial charge in [0.1, 0.15) is 77.6 Å². The van der Waals surface area contributed by atoms with Crippen LogP contribution in [-0.4, -0.2) is 99.3 Å². The Hall–Kier alpha value is -9.64. The van der Waals surface area contributed by atoms with Crippen molar-refractivity contribution in [3.63, 3.8) is 0 Å². The summed E-state index contributed by atoms with van der Waals surface area (Å²) in [5.41, 5.74) is 0.756. The van der Waals surface area contributed by atoms with Gasteiger partial charge in [-0.05, 0) is 95.6 Å². The fraction of sp³-hybridized carbons (Fsp3) is 0.217. The normalized spacial score (nSPS) is 18.8. The van der Waals surface area contributed by atoms with Crippen LogP contribution in [0.25, 0.3) is 11.2 Å². The van der Waals surface area contributed by atoms with Crippen molar-refractivity contribution in [2.24, 2.45) is 0 Å². The average molecular weight is 1410 g/mol. The summed E-state index contributed by atoms with van der Waals surface area (Å²) in [7, 11) is -6.88. The maximum atomic E-state index is 16.2. The maximum Gasteiger partial charge on any atom is 0.530 e. The number of ether oxygens (including phenoxy) is 5. The van der Waals surface area contributed by atoms with Crippen molar-refractivity contribution in [1.82, 2.24) is 29.1 Å². The molecule has 8 atom stereocenters. The Balaban J connectivity index is 0.914. The molecule has 0 spiro atoms. The Morgan fingerprint density at radius 3 is 1.65 bits per heavy atom. The number of fused-ring (bicyclic) bond motifs is 1. The summed E-state index contributed by atoms with van der Waals surface area (Å²) in [6.45, 7) is -1.51. The van der Waals surface area contributed by atoms with E-state index in [9.17, 15) is 19.6 Å². The van der Waals surface area contributed by atoms with Crippen LogP contribution in [0.4, 0.5) is 11.6 Å². The number of hydrogen-bond acceptors (Lipinski definition) is 21. The quantitative estimate of drug-likeness (QED) is 0.0261. The van der Waals surface area contributed by atoms with E-state index < -0.39 is 88.8 Å². The van der Waals surface area contributed by atoms with Crippen LogP contribution in [0.5, 0.6) is 23.0 Å². The van der Waals surface area contributed by atoms with Crippen LogP contribution >= 0.6 is 38.8 Å². The van der Waals surface area contributed by atoms with Crippen molar-refractivity contribution >= 4 is 73.5 Å². The van der Waals surface area contributed by atoms with Crippen molar-refractivity contribution in [3.8, 4) is 29.1 Å². The molecule has 7 aromatic carbocycles. The van der Waals surface area contributed by atoms with Crippen LogP contribution in [-0.2, 0) is 47.0 Å². The number of methoxy groups -OCH3 is 2. The van der Waals surface area contributed by atoms with E-state index in [-0.39, 0.29) is 70.2 Å². The van der Waals surface area contributed by atoms with E-state index in [1.807, 2.05) is 60.7 Å². The minimum absolute atomic E-state index is 0.00271. The van der Waals surface area contributed by atoms with Gasteiger partial charge in [0.15, 0.2) is 17.0 Å². The van der Waals surface area contributed by atoms with Crippen LogP contribution < -0.4 is 34.8 Å². The summed E-state index contributed by atoms with van der Waals surface area (Å²) < 4.78 is 104. The third-order valence-corrected chi connectivity index (χ3v) is 19.3. The third-order valence-electron chi connectivity index (χ3n) is 15.8. The molecule has 25 nitrogen and oxygen atoms in total. The number of amides is 2. The number of nitriles is 1. The molecule has 3 aromatic heterocycles. The molecule has 2 saturated heterocycles. The third kappa shape index (κ3) is 15.7. The first-order chi connectivity index (χ1) is 47.6. The number of nitrogens with one attached hydrogen (secondary N) is 2. The van der Waals surface area contributed by atoms with E-state index >= 15 is 9.13 Å². The molecular weight excluding hydrogens is 1340 g/mol. The summed E-state index contributed by atoms with van der Waals surface area (Å²) in [6.07, 6.45) is -4.37. The molecule has 5 heterocycles. The number of phosphoric ester groups is 2.